The van der Waals surface area contributed by atoms with E-state index >= 15 is 0 Å². The SMILES string of the molecule is Cc1ccc(S(=O)(=O)Nc2cccc(C(=O)NNC(=O)c3ccco3)c2)cc1. The highest BCUT2D eigenvalue weighted by Gasteiger charge is 2.15. The summed E-state index contributed by atoms with van der Waals surface area (Å²) in [6.45, 7) is 1.86. The summed E-state index contributed by atoms with van der Waals surface area (Å²) >= 11 is 0. The van der Waals surface area contributed by atoms with Gasteiger partial charge in [0.05, 0.1) is 11.2 Å². The van der Waals surface area contributed by atoms with Gasteiger partial charge < -0.3 is 4.42 Å². The topological polar surface area (TPSA) is 118 Å². The number of hydrogen-bond donors (Lipinski definition) is 3. The maximum atomic E-state index is 12.5. The average Bonchev–Trinajstić information content (AvgIpc) is 3.21. The standard InChI is InChI=1S/C19H17N3O5S/c1-13-7-9-16(10-8-13)28(25,26)22-15-5-2-4-14(12-15)18(23)20-21-19(24)17-6-3-11-27-17/h2-12,22H,1H3,(H,20,23)(H,21,24). The van der Waals surface area contributed by atoms with Gasteiger partial charge in [-0.3, -0.25) is 25.2 Å². The third-order valence-corrected chi connectivity index (χ3v) is 5.14. The highest BCUT2D eigenvalue weighted by atomic mass is 32.2. The van der Waals surface area contributed by atoms with Crippen LogP contribution in [0.4, 0.5) is 5.69 Å². The molecule has 0 spiro atoms. The zero-order chi connectivity index (χ0) is 20.1. The van der Waals surface area contributed by atoms with Crippen LogP contribution in [0.5, 0.6) is 0 Å². The fourth-order valence-corrected chi connectivity index (χ4v) is 3.36. The lowest BCUT2D eigenvalue weighted by molar-refractivity contribution is 0.0831. The number of carbonyl (C=O) groups excluding carboxylic acids is 2. The lowest BCUT2D eigenvalue weighted by Crippen LogP contribution is -2.41. The summed E-state index contributed by atoms with van der Waals surface area (Å²) in [5, 5.41) is 0. The molecule has 0 unspecified atom stereocenters. The fourth-order valence-electron chi connectivity index (χ4n) is 2.31. The third-order valence-electron chi connectivity index (χ3n) is 3.74. The Morgan fingerprint density at radius 3 is 2.29 bits per heavy atom. The molecule has 0 bridgehead atoms. The highest BCUT2D eigenvalue weighted by Crippen LogP contribution is 2.17. The van der Waals surface area contributed by atoms with Gasteiger partial charge in [-0.1, -0.05) is 23.8 Å². The van der Waals surface area contributed by atoms with E-state index in [4.69, 9.17) is 4.42 Å². The van der Waals surface area contributed by atoms with Crippen molar-refractivity contribution in [1.29, 1.82) is 0 Å². The predicted molar refractivity (Wildman–Crippen MR) is 102 cm³/mol. The van der Waals surface area contributed by atoms with Crippen LogP contribution in [0.2, 0.25) is 0 Å². The molecule has 9 heteroatoms. The highest BCUT2D eigenvalue weighted by molar-refractivity contribution is 7.92. The molecule has 3 rings (SSSR count). The Hall–Kier alpha value is -3.59. The zero-order valence-electron chi connectivity index (χ0n) is 14.8. The first-order valence-electron chi connectivity index (χ1n) is 8.19. The first-order chi connectivity index (χ1) is 13.3. The second-order valence-corrected chi connectivity index (χ2v) is 7.57. The molecule has 0 saturated heterocycles. The van der Waals surface area contributed by atoms with Crippen LogP contribution in [0.25, 0.3) is 0 Å². The van der Waals surface area contributed by atoms with E-state index in [-0.39, 0.29) is 21.9 Å². The number of hydrogen-bond acceptors (Lipinski definition) is 5. The minimum absolute atomic E-state index is 0.0416. The predicted octanol–water partition coefficient (Wildman–Crippen LogP) is 2.46. The van der Waals surface area contributed by atoms with Crippen molar-refractivity contribution in [2.45, 2.75) is 11.8 Å². The second kappa shape index (κ2) is 7.97. The molecule has 144 valence electrons. The van der Waals surface area contributed by atoms with Gasteiger partial charge in [0.2, 0.25) is 0 Å². The Bertz CT molecular complexity index is 1090. The molecule has 2 amide bonds. The van der Waals surface area contributed by atoms with E-state index in [0.29, 0.717) is 0 Å². The zero-order valence-corrected chi connectivity index (χ0v) is 15.6. The molecule has 28 heavy (non-hydrogen) atoms. The average molecular weight is 399 g/mol. The number of nitrogens with one attached hydrogen (secondary N) is 3. The molecule has 0 atom stereocenters. The van der Waals surface area contributed by atoms with Gasteiger partial charge in [-0.05, 0) is 49.4 Å². The summed E-state index contributed by atoms with van der Waals surface area (Å²) in [6, 6.07) is 15.3. The molecule has 0 aliphatic carbocycles. The van der Waals surface area contributed by atoms with Crippen LogP contribution in [0.1, 0.15) is 26.5 Å². The Labute approximate surface area is 161 Å². The van der Waals surface area contributed by atoms with E-state index in [2.05, 4.69) is 15.6 Å². The van der Waals surface area contributed by atoms with Crippen LogP contribution in [0, 0.1) is 6.92 Å². The van der Waals surface area contributed by atoms with Crippen molar-refractivity contribution in [3.8, 4) is 0 Å². The molecule has 0 saturated carbocycles. The minimum Gasteiger partial charge on any atom is -0.459 e. The van der Waals surface area contributed by atoms with Crippen LogP contribution in [-0.2, 0) is 10.0 Å². The first-order valence-corrected chi connectivity index (χ1v) is 9.67. The summed E-state index contributed by atoms with van der Waals surface area (Å²) in [4.78, 5) is 24.1. The molecule has 2 aromatic carbocycles. The Kier molecular flexibility index (Phi) is 5.46. The maximum Gasteiger partial charge on any atom is 0.305 e. The normalized spacial score (nSPS) is 10.9. The van der Waals surface area contributed by atoms with Gasteiger partial charge >= 0.3 is 5.91 Å². The van der Waals surface area contributed by atoms with E-state index in [9.17, 15) is 18.0 Å². The van der Waals surface area contributed by atoms with Crippen LogP contribution in [0.15, 0.2) is 76.2 Å². The summed E-state index contributed by atoms with van der Waals surface area (Å²) in [7, 11) is -3.79. The van der Waals surface area contributed by atoms with E-state index in [1.54, 1.807) is 18.2 Å². The summed E-state index contributed by atoms with van der Waals surface area (Å²) < 4.78 is 32.3. The van der Waals surface area contributed by atoms with Crippen molar-refractivity contribution in [2.75, 3.05) is 4.72 Å². The molecule has 1 aromatic heterocycles. The molecule has 3 N–H and O–H groups in total. The molecule has 8 nitrogen and oxygen atoms in total. The van der Waals surface area contributed by atoms with Gasteiger partial charge in [0.1, 0.15) is 0 Å². The van der Waals surface area contributed by atoms with Crippen LogP contribution in [-0.4, -0.2) is 20.2 Å². The number of anilines is 1. The van der Waals surface area contributed by atoms with Gasteiger partial charge in [0, 0.05) is 11.3 Å². The number of benzene rings is 2. The summed E-state index contributed by atoms with van der Waals surface area (Å²) in [5.41, 5.74) is 5.76. The monoisotopic (exact) mass is 399 g/mol. The van der Waals surface area contributed by atoms with Crippen molar-refractivity contribution in [1.82, 2.24) is 10.9 Å². The molecule has 3 aromatic rings. The van der Waals surface area contributed by atoms with Gasteiger partial charge in [-0.15, -0.1) is 0 Å². The van der Waals surface area contributed by atoms with Crippen molar-refractivity contribution in [3.05, 3.63) is 83.8 Å². The Morgan fingerprint density at radius 1 is 0.893 bits per heavy atom. The van der Waals surface area contributed by atoms with E-state index in [1.165, 1.54) is 48.7 Å². The number of sulfonamides is 1. The number of amides is 2. The molecule has 0 aliphatic heterocycles. The Morgan fingerprint density at radius 2 is 1.61 bits per heavy atom. The molecule has 0 radical (unpaired) electrons. The van der Waals surface area contributed by atoms with Crippen LogP contribution < -0.4 is 15.6 Å². The summed E-state index contributed by atoms with van der Waals surface area (Å²) in [5.74, 6) is -1.19. The van der Waals surface area contributed by atoms with Crippen molar-refractivity contribution in [3.63, 3.8) is 0 Å². The lowest BCUT2D eigenvalue weighted by Gasteiger charge is -2.10. The molecule has 0 fully saturated rings. The van der Waals surface area contributed by atoms with E-state index in [0.717, 1.165) is 5.56 Å². The maximum absolute atomic E-state index is 12.5. The number of aryl methyl sites for hydroxylation is 1. The van der Waals surface area contributed by atoms with Gasteiger partial charge in [0.15, 0.2) is 5.76 Å². The van der Waals surface area contributed by atoms with Crippen molar-refractivity contribution >= 4 is 27.5 Å². The number of furan rings is 1. The van der Waals surface area contributed by atoms with Gasteiger partial charge in [-0.2, -0.15) is 0 Å². The molecule has 0 aliphatic rings. The van der Waals surface area contributed by atoms with E-state index in [1.807, 2.05) is 6.92 Å². The minimum atomic E-state index is -3.79. The van der Waals surface area contributed by atoms with Crippen LogP contribution in [0.3, 0.4) is 0 Å². The number of rotatable bonds is 5. The van der Waals surface area contributed by atoms with Crippen molar-refractivity contribution < 1.29 is 22.4 Å². The second-order valence-electron chi connectivity index (χ2n) is 5.88. The molecular formula is C19H17N3O5S. The number of carbonyl (C=O) groups is 2. The van der Waals surface area contributed by atoms with E-state index < -0.39 is 21.8 Å². The fraction of sp³-hybridized carbons (Fsp3) is 0.0526. The first kappa shape index (κ1) is 19.2. The molecular weight excluding hydrogens is 382 g/mol. The van der Waals surface area contributed by atoms with Gasteiger partial charge in [-0.25, -0.2) is 8.42 Å². The quantitative estimate of drug-likeness (QED) is 0.570. The van der Waals surface area contributed by atoms with Gasteiger partial charge in [0.25, 0.3) is 15.9 Å². The largest absolute Gasteiger partial charge is 0.459 e. The lowest BCUT2D eigenvalue weighted by atomic mass is 10.2. The van der Waals surface area contributed by atoms with Crippen LogP contribution >= 0.6 is 0 Å². The smallest absolute Gasteiger partial charge is 0.305 e. The van der Waals surface area contributed by atoms with Crippen molar-refractivity contribution in [2.24, 2.45) is 0 Å². The Balaban J connectivity index is 1.68. The number of hydrazine groups is 1. The molecule has 1 heterocycles. The third kappa shape index (κ3) is 4.57. The summed E-state index contributed by atoms with van der Waals surface area (Å²) in [6.07, 6.45) is 1.33.